The lowest BCUT2D eigenvalue weighted by molar-refractivity contribution is -0.158. The Labute approximate surface area is 201 Å². The van der Waals surface area contributed by atoms with Crippen molar-refractivity contribution < 1.29 is 14.3 Å². The van der Waals surface area contributed by atoms with E-state index in [4.69, 9.17) is 9.47 Å². The van der Waals surface area contributed by atoms with Gasteiger partial charge in [-0.05, 0) is 51.3 Å². The van der Waals surface area contributed by atoms with Crippen LogP contribution in [-0.2, 0) is 29.5 Å². The first-order valence-corrected chi connectivity index (χ1v) is 12.1. The van der Waals surface area contributed by atoms with Crippen LogP contribution < -0.4 is 21.3 Å². The molecule has 0 unspecified atom stereocenters. The number of aromatic nitrogens is 3. The summed E-state index contributed by atoms with van der Waals surface area (Å²) in [6.07, 6.45) is 6.00. The van der Waals surface area contributed by atoms with Gasteiger partial charge in [0.1, 0.15) is 5.75 Å². The van der Waals surface area contributed by atoms with Crippen LogP contribution in [0.3, 0.4) is 0 Å². The number of hydrogen-bond acceptors (Lipinski definition) is 7. The average molecular weight is 475 g/mol. The first-order chi connectivity index (χ1) is 16.2. The molecule has 0 aliphatic heterocycles. The third-order valence-electron chi connectivity index (χ3n) is 5.48. The summed E-state index contributed by atoms with van der Waals surface area (Å²) in [5.74, 6) is 0.322. The first kappa shape index (κ1) is 27.1. The number of anilines is 1. The van der Waals surface area contributed by atoms with Crippen LogP contribution in [0.1, 0.15) is 65.4 Å². The van der Waals surface area contributed by atoms with Crippen molar-refractivity contribution >= 4 is 11.8 Å². The Morgan fingerprint density at radius 3 is 2.38 bits per heavy atom. The Balaban J connectivity index is 1.95. The summed E-state index contributed by atoms with van der Waals surface area (Å²) in [5, 5.41) is 7.33. The molecule has 0 aliphatic rings. The maximum absolute atomic E-state index is 12.4. The minimum Gasteiger partial charge on any atom is -0.476 e. The second-order valence-electron chi connectivity index (χ2n) is 8.79. The Morgan fingerprint density at radius 1 is 1.06 bits per heavy atom. The normalized spacial score (nSPS) is 11.3. The summed E-state index contributed by atoms with van der Waals surface area (Å²) in [4.78, 5) is 36.8. The van der Waals surface area contributed by atoms with Gasteiger partial charge in [0.2, 0.25) is 5.82 Å². The van der Waals surface area contributed by atoms with Crippen molar-refractivity contribution in [3.8, 4) is 5.75 Å². The zero-order valence-electron chi connectivity index (χ0n) is 21.1. The van der Waals surface area contributed by atoms with Crippen molar-refractivity contribution in [2.24, 2.45) is 7.05 Å². The number of carbonyl (C=O) groups excluding carboxylic acids is 1. The Hall–Kier alpha value is -3.10. The lowest BCUT2D eigenvalue weighted by Crippen LogP contribution is -2.41. The molecule has 1 aromatic carbocycles. The van der Waals surface area contributed by atoms with Crippen molar-refractivity contribution in [3.05, 3.63) is 50.7 Å². The van der Waals surface area contributed by atoms with Crippen molar-refractivity contribution in [2.75, 3.05) is 18.5 Å². The molecule has 0 atom stereocenters. The lowest BCUT2D eigenvalue weighted by atomic mass is 10.1. The molecule has 2 rings (SSSR count). The fourth-order valence-electron chi connectivity index (χ4n) is 3.44. The quantitative estimate of drug-likeness (QED) is 0.331. The molecule has 188 valence electrons. The molecule has 0 aliphatic carbocycles. The summed E-state index contributed by atoms with van der Waals surface area (Å²) in [7, 11) is 1.47. The van der Waals surface area contributed by atoms with Crippen molar-refractivity contribution in [1.29, 1.82) is 0 Å². The van der Waals surface area contributed by atoms with E-state index in [1.165, 1.54) is 18.2 Å². The molecule has 0 saturated carbocycles. The van der Waals surface area contributed by atoms with Crippen LogP contribution in [-0.4, -0.2) is 39.1 Å². The summed E-state index contributed by atoms with van der Waals surface area (Å²) < 4.78 is 13.3. The van der Waals surface area contributed by atoms with Gasteiger partial charge in [-0.3, -0.25) is 9.36 Å². The van der Waals surface area contributed by atoms with E-state index in [-0.39, 0.29) is 5.82 Å². The molecule has 2 aromatic rings. The molecule has 9 heteroatoms. The minimum absolute atomic E-state index is 0.173. The molecule has 1 heterocycles. The predicted molar refractivity (Wildman–Crippen MR) is 132 cm³/mol. The fraction of sp³-hybridized carbons (Fsp3) is 0.600. The highest BCUT2D eigenvalue weighted by atomic mass is 16.6. The second-order valence-corrected chi connectivity index (χ2v) is 8.79. The fourth-order valence-corrected chi connectivity index (χ4v) is 3.44. The second kappa shape index (κ2) is 13.0. The minimum atomic E-state index is -1.08. The van der Waals surface area contributed by atoms with Crippen LogP contribution in [0.2, 0.25) is 0 Å². The molecule has 0 amide bonds. The number of aryl methyl sites for hydroxylation is 1. The topological polar surface area (TPSA) is 104 Å². The van der Waals surface area contributed by atoms with Gasteiger partial charge in [-0.2, -0.15) is 0 Å². The summed E-state index contributed by atoms with van der Waals surface area (Å²) >= 11 is 0. The monoisotopic (exact) mass is 474 g/mol. The van der Waals surface area contributed by atoms with E-state index >= 15 is 0 Å². The standard InChI is InChI=1S/C25H38N4O5/c1-6-8-9-10-11-18-29-24(32)28(5)22(30)21(27-29)26-17-16-19-12-14-20(15-13-19)34-25(3,4)23(31)33-7-2/h12-15H,6-11,16-18H2,1-5H3,(H,26,27). The largest absolute Gasteiger partial charge is 0.476 e. The van der Waals surface area contributed by atoms with Gasteiger partial charge in [-0.1, -0.05) is 44.7 Å². The van der Waals surface area contributed by atoms with Crippen LogP contribution in [0.4, 0.5) is 5.82 Å². The molecule has 0 radical (unpaired) electrons. The summed E-state index contributed by atoms with van der Waals surface area (Å²) in [6, 6.07) is 7.40. The van der Waals surface area contributed by atoms with Crippen LogP contribution >= 0.6 is 0 Å². The van der Waals surface area contributed by atoms with Crippen LogP contribution in [0.25, 0.3) is 0 Å². The first-order valence-electron chi connectivity index (χ1n) is 12.1. The summed E-state index contributed by atoms with van der Waals surface area (Å²) in [5.41, 5.74) is -0.886. The zero-order chi connectivity index (χ0) is 25.1. The van der Waals surface area contributed by atoms with Gasteiger partial charge in [-0.25, -0.2) is 14.3 Å². The average Bonchev–Trinajstić information content (AvgIpc) is 2.81. The number of nitrogens with one attached hydrogen (secondary N) is 1. The molecule has 1 aromatic heterocycles. The third kappa shape index (κ3) is 7.74. The predicted octanol–water partition coefficient (Wildman–Crippen LogP) is 3.29. The SMILES string of the molecule is CCCCCCCn1nc(NCCc2ccc(OC(C)(C)C(=O)OCC)cc2)c(=O)n(C)c1=O. The smallest absolute Gasteiger partial charge is 0.349 e. The van der Waals surface area contributed by atoms with E-state index in [1.54, 1.807) is 32.9 Å². The van der Waals surface area contributed by atoms with Crippen LogP contribution in [0.5, 0.6) is 5.75 Å². The van der Waals surface area contributed by atoms with E-state index < -0.39 is 22.8 Å². The van der Waals surface area contributed by atoms with Crippen LogP contribution in [0.15, 0.2) is 33.9 Å². The molecule has 1 N–H and O–H groups in total. The third-order valence-corrected chi connectivity index (χ3v) is 5.48. The molecule has 0 bridgehead atoms. The van der Waals surface area contributed by atoms with Gasteiger partial charge in [0.05, 0.1) is 6.61 Å². The zero-order valence-corrected chi connectivity index (χ0v) is 21.1. The van der Waals surface area contributed by atoms with E-state index in [9.17, 15) is 14.4 Å². The number of hydrogen-bond donors (Lipinski definition) is 1. The summed E-state index contributed by atoms with van der Waals surface area (Å²) in [6.45, 7) is 8.52. The Kier molecular flexibility index (Phi) is 10.3. The van der Waals surface area contributed by atoms with E-state index in [2.05, 4.69) is 17.3 Å². The Bertz CT molecular complexity index is 1040. The van der Waals surface area contributed by atoms with E-state index in [1.807, 2.05) is 12.1 Å². The molecular formula is C25H38N4O5. The highest BCUT2D eigenvalue weighted by molar-refractivity contribution is 5.79. The highest BCUT2D eigenvalue weighted by Gasteiger charge is 2.31. The molecule has 9 nitrogen and oxygen atoms in total. The van der Waals surface area contributed by atoms with Gasteiger partial charge in [0.25, 0.3) is 5.56 Å². The van der Waals surface area contributed by atoms with Crippen LogP contribution in [0, 0.1) is 0 Å². The number of carbonyl (C=O) groups is 1. The van der Waals surface area contributed by atoms with Gasteiger partial charge in [-0.15, -0.1) is 5.10 Å². The van der Waals surface area contributed by atoms with Gasteiger partial charge < -0.3 is 14.8 Å². The molecule has 0 spiro atoms. The highest BCUT2D eigenvalue weighted by Crippen LogP contribution is 2.20. The van der Waals surface area contributed by atoms with Gasteiger partial charge in [0.15, 0.2) is 5.60 Å². The number of rotatable bonds is 14. The number of nitrogens with zero attached hydrogens (tertiary/aromatic N) is 3. The lowest BCUT2D eigenvalue weighted by Gasteiger charge is -2.24. The maximum Gasteiger partial charge on any atom is 0.349 e. The van der Waals surface area contributed by atoms with Crippen molar-refractivity contribution in [3.63, 3.8) is 0 Å². The van der Waals surface area contributed by atoms with Crippen molar-refractivity contribution in [1.82, 2.24) is 14.3 Å². The molecule has 34 heavy (non-hydrogen) atoms. The van der Waals surface area contributed by atoms with E-state index in [0.717, 1.165) is 35.8 Å². The molecule has 0 saturated heterocycles. The maximum atomic E-state index is 12.4. The van der Waals surface area contributed by atoms with Crippen molar-refractivity contribution in [2.45, 2.75) is 78.4 Å². The Morgan fingerprint density at radius 2 is 1.74 bits per heavy atom. The van der Waals surface area contributed by atoms with Gasteiger partial charge >= 0.3 is 11.7 Å². The number of unbranched alkanes of at least 4 members (excludes halogenated alkanes) is 4. The van der Waals surface area contributed by atoms with E-state index in [0.29, 0.717) is 31.9 Å². The number of ether oxygens (including phenoxy) is 2. The van der Waals surface area contributed by atoms with Gasteiger partial charge in [0, 0.05) is 20.1 Å². The molecular weight excluding hydrogens is 436 g/mol. The molecule has 0 fully saturated rings. The number of esters is 1. The number of benzene rings is 1.